The van der Waals surface area contributed by atoms with Gasteiger partial charge in [0.15, 0.2) is 11.6 Å². The Bertz CT molecular complexity index is 465. The van der Waals surface area contributed by atoms with Crippen molar-refractivity contribution in [3.8, 4) is 5.75 Å². The monoisotopic (exact) mass is 260 g/mol. The zero-order valence-electron chi connectivity index (χ0n) is 9.00. The molecule has 1 aromatic rings. The first-order valence-corrected chi connectivity index (χ1v) is 4.92. The van der Waals surface area contributed by atoms with Gasteiger partial charge in [-0.05, 0) is 0 Å². The van der Waals surface area contributed by atoms with Crippen molar-refractivity contribution in [2.24, 2.45) is 0 Å². The van der Waals surface area contributed by atoms with Crippen molar-refractivity contribution in [2.45, 2.75) is 0 Å². The third-order valence-corrected chi connectivity index (χ3v) is 2.07. The van der Waals surface area contributed by atoms with Gasteiger partial charge in [0.1, 0.15) is 0 Å². The summed E-state index contributed by atoms with van der Waals surface area (Å²) in [5.74, 6) is -0.783. The molecule has 0 aromatic heterocycles. The maximum Gasteiger partial charge on any atom is 0.313 e. The van der Waals surface area contributed by atoms with Crippen LogP contribution in [-0.2, 0) is 0 Å². The number of nitrogens with one attached hydrogen (secondary N) is 1. The van der Waals surface area contributed by atoms with Crippen molar-refractivity contribution < 1.29 is 14.1 Å². The van der Waals surface area contributed by atoms with Gasteiger partial charge in [-0.2, -0.15) is 0 Å². The van der Waals surface area contributed by atoms with Crippen molar-refractivity contribution in [1.82, 2.24) is 0 Å². The predicted molar refractivity (Wildman–Crippen MR) is 63.1 cm³/mol. The number of hydrogen-bond donors (Lipinski definition) is 1. The van der Waals surface area contributed by atoms with Gasteiger partial charge in [-0.15, -0.1) is 0 Å². The molecule has 0 aliphatic heterocycles. The van der Waals surface area contributed by atoms with Crippen molar-refractivity contribution in [3.05, 3.63) is 39.7 Å². The fraction of sp³-hybridized carbons (Fsp3) is 0.200. The Hall–Kier alpha value is -1.82. The summed E-state index contributed by atoms with van der Waals surface area (Å²) in [5, 5.41) is 13.6. The molecule has 7 heteroatoms. The number of halogens is 2. The van der Waals surface area contributed by atoms with E-state index < -0.39 is 16.4 Å². The summed E-state index contributed by atoms with van der Waals surface area (Å²) in [4.78, 5) is 9.90. The van der Waals surface area contributed by atoms with E-state index in [1.807, 2.05) is 0 Å². The lowest BCUT2D eigenvalue weighted by molar-refractivity contribution is -0.385. The smallest absolute Gasteiger partial charge is 0.313 e. The number of rotatable bonds is 5. The molecule has 1 rings (SSSR count). The standard InChI is InChI=1S/C10H10ClFN2O3/c1-6(11)5-13-8-4-10(17-2)9(14(15)16)3-7(8)12/h3-4,13H,1,5H2,2H3. The van der Waals surface area contributed by atoms with Gasteiger partial charge in [0.2, 0.25) is 0 Å². The summed E-state index contributed by atoms with van der Waals surface area (Å²) in [6, 6.07) is 1.99. The van der Waals surface area contributed by atoms with Crippen LogP contribution in [0.5, 0.6) is 5.75 Å². The molecule has 0 aliphatic rings. The highest BCUT2D eigenvalue weighted by Crippen LogP contribution is 2.32. The molecule has 0 saturated carbocycles. The first kappa shape index (κ1) is 13.2. The molecule has 0 aliphatic carbocycles. The molecule has 0 bridgehead atoms. The van der Waals surface area contributed by atoms with E-state index in [4.69, 9.17) is 16.3 Å². The van der Waals surface area contributed by atoms with Gasteiger partial charge in [-0.3, -0.25) is 10.1 Å². The topological polar surface area (TPSA) is 64.4 Å². The van der Waals surface area contributed by atoms with Crippen molar-refractivity contribution in [1.29, 1.82) is 0 Å². The summed E-state index contributed by atoms with van der Waals surface area (Å²) >= 11 is 5.52. The number of hydrogen-bond acceptors (Lipinski definition) is 4. The average Bonchev–Trinajstić information content (AvgIpc) is 2.26. The Morgan fingerprint density at radius 2 is 2.35 bits per heavy atom. The van der Waals surface area contributed by atoms with E-state index in [9.17, 15) is 14.5 Å². The lowest BCUT2D eigenvalue weighted by Crippen LogP contribution is -2.04. The second-order valence-electron chi connectivity index (χ2n) is 3.13. The van der Waals surface area contributed by atoms with Gasteiger partial charge in [-0.1, -0.05) is 18.2 Å². The van der Waals surface area contributed by atoms with E-state index in [0.29, 0.717) is 5.03 Å². The molecule has 0 atom stereocenters. The Labute approximate surface area is 102 Å². The molecular formula is C10H10ClFN2O3. The Morgan fingerprint density at radius 3 is 2.82 bits per heavy atom. The lowest BCUT2D eigenvalue weighted by Gasteiger charge is -2.08. The first-order chi connectivity index (χ1) is 7.95. The molecular weight excluding hydrogens is 251 g/mol. The number of nitro benzene ring substituents is 1. The predicted octanol–water partition coefficient (Wildman–Crippen LogP) is 2.91. The second-order valence-corrected chi connectivity index (χ2v) is 3.67. The minimum atomic E-state index is -0.754. The molecule has 1 N–H and O–H groups in total. The quantitative estimate of drug-likeness (QED) is 0.653. The maximum atomic E-state index is 13.5. The molecule has 0 unspecified atom stereocenters. The van der Waals surface area contributed by atoms with Crippen molar-refractivity contribution in [2.75, 3.05) is 19.0 Å². The van der Waals surface area contributed by atoms with Crippen LogP contribution in [0.15, 0.2) is 23.7 Å². The average molecular weight is 261 g/mol. The summed E-state index contributed by atoms with van der Waals surface area (Å²) < 4.78 is 18.3. The van der Waals surface area contributed by atoms with Gasteiger partial charge >= 0.3 is 5.69 Å². The van der Waals surface area contributed by atoms with Crippen LogP contribution in [0.4, 0.5) is 15.8 Å². The minimum Gasteiger partial charge on any atom is -0.490 e. The number of nitrogens with zero attached hydrogens (tertiary/aromatic N) is 1. The van der Waals surface area contributed by atoms with E-state index in [0.717, 1.165) is 6.07 Å². The third kappa shape index (κ3) is 3.32. The minimum absolute atomic E-state index is 0.0286. The number of ether oxygens (including phenoxy) is 1. The Kier molecular flexibility index (Phi) is 4.28. The van der Waals surface area contributed by atoms with Crippen LogP contribution >= 0.6 is 11.6 Å². The summed E-state index contributed by atoms with van der Waals surface area (Å²) in [5.41, 5.74) is -0.366. The zero-order valence-corrected chi connectivity index (χ0v) is 9.75. The maximum absolute atomic E-state index is 13.5. The third-order valence-electron chi connectivity index (χ3n) is 1.94. The van der Waals surface area contributed by atoms with E-state index in [1.54, 1.807) is 0 Å². The van der Waals surface area contributed by atoms with E-state index in [2.05, 4.69) is 11.9 Å². The zero-order chi connectivity index (χ0) is 13.0. The van der Waals surface area contributed by atoms with Crippen LogP contribution < -0.4 is 10.1 Å². The van der Waals surface area contributed by atoms with E-state index >= 15 is 0 Å². The largest absolute Gasteiger partial charge is 0.490 e. The van der Waals surface area contributed by atoms with Crippen LogP contribution in [0.2, 0.25) is 0 Å². The highest BCUT2D eigenvalue weighted by molar-refractivity contribution is 6.29. The SMILES string of the molecule is C=C(Cl)CNc1cc(OC)c([N+](=O)[O-])cc1F. The van der Waals surface area contributed by atoms with Gasteiger partial charge in [0.25, 0.3) is 0 Å². The number of benzene rings is 1. The van der Waals surface area contributed by atoms with Gasteiger partial charge in [0.05, 0.1) is 30.3 Å². The summed E-state index contributed by atoms with van der Waals surface area (Å²) in [6.07, 6.45) is 0. The van der Waals surface area contributed by atoms with Crippen LogP contribution in [0.25, 0.3) is 0 Å². The van der Waals surface area contributed by atoms with E-state index in [-0.39, 0.29) is 18.0 Å². The van der Waals surface area contributed by atoms with Crippen LogP contribution in [-0.4, -0.2) is 18.6 Å². The fourth-order valence-corrected chi connectivity index (χ4v) is 1.24. The summed E-state index contributed by atoms with van der Waals surface area (Å²) in [7, 11) is 1.27. The van der Waals surface area contributed by atoms with E-state index in [1.165, 1.54) is 13.2 Å². The van der Waals surface area contributed by atoms with Gasteiger partial charge < -0.3 is 10.1 Å². The molecule has 0 saturated heterocycles. The molecule has 17 heavy (non-hydrogen) atoms. The first-order valence-electron chi connectivity index (χ1n) is 4.54. The number of anilines is 1. The molecule has 5 nitrogen and oxygen atoms in total. The van der Waals surface area contributed by atoms with Crippen LogP contribution in [0.3, 0.4) is 0 Å². The van der Waals surface area contributed by atoms with Crippen LogP contribution in [0, 0.1) is 15.9 Å². The molecule has 0 heterocycles. The molecule has 0 amide bonds. The van der Waals surface area contributed by atoms with Crippen molar-refractivity contribution in [3.63, 3.8) is 0 Å². The van der Waals surface area contributed by atoms with Gasteiger partial charge in [-0.25, -0.2) is 4.39 Å². The number of methoxy groups -OCH3 is 1. The Morgan fingerprint density at radius 1 is 1.71 bits per heavy atom. The fourth-order valence-electron chi connectivity index (χ4n) is 1.18. The van der Waals surface area contributed by atoms with Crippen LogP contribution in [0.1, 0.15) is 0 Å². The summed E-state index contributed by atoms with van der Waals surface area (Å²) in [6.45, 7) is 3.58. The van der Waals surface area contributed by atoms with Gasteiger partial charge in [0, 0.05) is 11.1 Å². The molecule has 92 valence electrons. The highest BCUT2D eigenvalue weighted by Gasteiger charge is 2.18. The molecule has 0 radical (unpaired) electrons. The molecule has 1 aromatic carbocycles. The van der Waals surface area contributed by atoms with Crippen molar-refractivity contribution >= 4 is 23.0 Å². The Balaban J connectivity index is 3.08. The molecule has 0 spiro atoms. The molecule has 0 fully saturated rings. The normalized spacial score (nSPS) is 9.82. The lowest BCUT2D eigenvalue weighted by atomic mass is 10.2. The highest BCUT2D eigenvalue weighted by atomic mass is 35.5. The second kappa shape index (κ2) is 5.49. The number of nitro groups is 1.